The minimum Gasteiger partial charge on any atom is -0.479 e. The van der Waals surface area contributed by atoms with Crippen LogP contribution in [0.4, 0.5) is 0 Å². The summed E-state index contributed by atoms with van der Waals surface area (Å²) in [6.45, 7) is 3.43. The molecule has 0 spiro atoms. The maximum Gasteiger partial charge on any atom is 0.335 e. The topological polar surface area (TPSA) is 96.2 Å². The largest absolute Gasteiger partial charge is 0.479 e. The van der Waals surface area contributed by atoms with Crippen LogP contribution in [-0.2, 0) is 14.3 Å². The molecule has 1 heterocycles. The smallest absolute Gasteiger partial charge is 0.335 e. The zero-order valence-electron chi connectivity index (χ0n) is 8.66. The Morgan fingerprint density at radius 1 is 1.40 bits per heavy atom. The van der Waals surface area contributed by atoms with Gasteiger partial charge in [-0.2, -0.15) is 0 Å². The Kier molecular flexibility index (Phi) is 4.04. The van der Waals surface area contributed by atoms with Crippen LogP contribution in [0.2, 0.25) is 0 Å². The predicted molar refractivity (Wildman–Crippen MR) is 49.4 cm³/mol. The van der Waals surface area contributed by atoms with Crippen LogP contribution in [0.3, 0.4) is 0 Å². The molecule has 3 N–H and O–H groups in total. The number of aliphatic hydroxyl groups excluding tert-OH is 2. The lowest BCUT2D eigenvalue weighted by Gasteiger charge is -2.39. The lowest BCUT2D eigenvalue weighted by molar-refractivity contribution is -0.233. The Morgan fingerprint density at radius 3 is 2.47 bits per heavy atom. The molecule has 3 unspecified atom stereocenters. The first kappa shape index (κ1) is 12.4. The van der Waals surface area contributed by atoms with E-state index in [2.05, 4.69) is 0 Å². The van der Waals surface area contributed by atoms with Crippen molar-refractivity contribution >= 4 is 5.97 Å². The Hall–Kier alpha value is -0.690. The van der Waals surface area contributed by atoms with Gasteiger partial charge in [0.05, 0.1) is 6.10 Å². The highest BCUT2D eigenvalue weighted by Gasteiger charge is 2.46. The van der Waals surface area contributed by atoms with E-state index in [1.165, 1.54) is 6.92 Å². The zero-order chi connectivity index (χ0) is 11.6. The number of aliphatic hydroxyl groups is 2. The van der Waals surface area contributed by atoms with Crippen molar-refractivity contribution in [3.8, 4) is 0 Å². The molecule has 1 aliphatic rings. The molecule has 1 fully saturated rings. The first-order valence-electron chi connectivity index (χ1n) is 4.85. The van der Waals surface area contributed by atoms with Gasteiger partial charge in [-0.25, -0.2) is 4.79 Å². The molecule has 1 rings (SSSR count). The van der Waals surface area contributed by atoms with E-state index in [1.807, 2.05) is 0 Å². The molecule has 0 radical (unpaired) electrons. The van der Waals surface area contributed by atoms with Crippen LogP contribution in [-0.4, -0.2) is 58.4 Å². The van der Waals surface area contributed by atoms with E-state index in [0.717, 1.165) is 0 Å². The van der Waals surface area contributed by atoms with E-state index >= 15 is 0 Å². The SMILES string of the molecule is CCO[C@@H]1C(C(=O)O)O[C@@H](C)C(O)C1O. The first-order valence-corrected chi connectivity index (χ1v) is 4.85. The van der Waals surface area contributed by atoms with Gasteiger partial charge in [-0.1, -0.05) is 0 Å². The maximum atomic E-state index is 10.8. The lowest BCUT2D eigenvalue weighted by atomic mass is 9.95. The predicted octanol–water partition coefficient (Wildman–Crippen LogP) is -1.01. The van der Waals surface area contributed by atoms with Gasteiger partial charge in [-0.05, 0) is 13.8 Å². The number of carboxylic acids is 1. The van der Waals surface area contributed by atoms with Gasteiger partial charge < -0.3 is 24.8 Å². The second-order valence-electron chi connectivity index (χ2n) is 3.50. The third kappa shape index (κ3) is 2.46. The number of hydrogen-bond donors (Lipinski definition) is 3. The average molecular weight is 220 g/mol. The number of ether oxygens (including phenoxy) is 2. The Labute approximate surface area is 87.4 Å². The zero-order valence-corrected chi connectivity index (χ0v) is 8.66. The van der Waals surface area contributed by atoms with Gasteiger partial charge in [0.2, 0.25) is 0 Å². The third-order valence-electron chi connectivity index (χ3n) is 2.43. The number of carbonyl (C=O) groups is 1. The summed E-state index contributed by atoms with van der Waals surface area (Å²) in [5, 5.41) is 28.0. The molecule has 0 aliphatic carbocycles. The van der Waals surface area contributed by atoms with E-state index in [-0.39, 0.29) is 6.61 Å². The molecular formula is C9H16O6. The summed E-state index contributed by atoms with van der Waals surface area (Å²) in [5.74, 6) is -1.20. The summed E-state index contributed by atoms with van der Waals surface area (Å²) in [5.41, 5.74) is 0. The van der Waals surface area contributed by atoms with Gasteiger partial charge in [0, 0.05) is 6.61 Å². The van der Waals surface area contributed by atoms with Gasteiger partial charge >= 0.3 is 5.97 Å². The van der Waals surface area contributed by atoms with E-state index in [4.69, 9.17) is 14.6 Å². The van der Waals surface area contributed by atoms with Crippen molar-refractivity contribution in [3.63, 3.8) is 0 Å². The molecule has 0 aromatic rings. The van der Waals surface area contributed by atoms with Crippen molar-refractivity contribution in [3.05, 3.63) is 0 Å². The molecule has 0 bridgehead atoms. The molecule has 6 heteroatoms. The monoisotopic (exact) mass is 220 g/mol. The van der Waals surface area contributed by atoms with Crippen molar-refractivity contribution in [2.24, 2.45) is 0 Å². The summed E-state index contributed by atoms with van der Waals surface area (Å²) in [4.78, 5) is 10.8. The molecular weight excluding hydrogens is 204 g/mol. The van der Waals surface area contributed by atoms with Crippen molar-refractivity contribution in [2.45, 2.75) is 44.4 Å². The van der Waals surface area contributed by atoms with Crippen LogP contribution >= 0.6 is 0 Å². The fourth-order valence-electron chi connectivity index (χ4n) is 1.62. The van der Waals surface area contributed by atoms with E-state index in [1.54, 1.807) is 6.92 Å². The third-order valence-corrected chi connectivity index (χ3v) is 2.43. The van der Waals surface area contributed by atoms with Crippen LogP contribution in [0.5, 0.6) is 0 Å². The molecule has 6 nitrogen and oxygen atoms in total. The molecule has 1 saturated heterocycles. The number of aliphatic carboxylic acids is 1. The normalized spacial score (nSPS) is 41.5. The summed E-state index contributed by atoms with van der Waals surface area (Å²) >= 11 is 0. The van der Waals surface area contributed by atoms with Gasteiger partial charge in [-0.3, -0.25) is 0 Å². The fraction of sp³-hybridized carbons (Fsp3) is 0.889. The Balaban J connectivity index is 2.81. The van der Waals surface area contributed by atoms with Crippen LogP contribution < -0.4 is 0 Å². The second-order valence-corrected chi connectivity index (χ2v) is 3.50. The number of rotatable bonds is 3. The molecule has 0 saturated carbocycles. The van der Waals surface area contributed by atoms with Crippen molar-refractivity contribution in [2.75, 3.05) is 6.61 Å². The van der Waals surface area contributed by atoms with Gasteiger partial charge in [0.25, 0.3) is 0 Å². The quantitative estimate of drug-likeness (QED) is 0.563. The Bertz CT molecular complexity index is 231. The summed E-state index contributed by atoms with van der Waals surface area (Å²) in [6, 6.07) is 0. The fourth-order valence-corrected chi connectivity index (χ4v) is 1.62. The average Bonchev–Trinajstić information content (AvgIpc) is 2.18. The van der Waals surface area contributed by atoms with E-state index in [9.17, 15) is 15.0 Å². The van der Waals surface area contributed by atoms with Crippen molar-refractivity contribution in [1.82, 2.24) is 0 Å². The highest BCUT2D eigenvalue weighted by molar-refractivity contribution is 5.73. The molecule has 0 aromatic heterocycles. The van der Waals surface area contributed by atoms with E-state index < -0.39 is 36.5 Å². The molecule has 5 atom stereocenters. The lowest BCUT2D eigenvalue weighted by Crippen LogP contribution is -2.59. The molecule has 1 aliphatic heterocycles. The summed E-state index contributed by atoms with van der Waals surface area (Å²) in [6.07, 6.45) is -5.36. The van der Waals surface area contributed by atoms with Crippen LogP contribution in [0, 0.1) is 0 Å². The Morgan fingerprint density at radius 2 is 2.00 bits per heavy atom. The van der Waals surface area contributed by atoms with Gasteiger partial charge in [-0.15, -0.1) is 0 Å². The minimum absolute atomic E-state index is 0.246. The highest BCUT2D eigenvalue weighted by atomic mass is 16.6. The molecule has 0 aromatic carbocycles. The summed E-state index contributed by atoms with van der Waals surface area (Å²) < 4.78 is 10.1. The summed E-state index contributed by atoms with van der Waals surface area (Å²) in [7, 11) is 0. The molecule has 0 amide bonds. The minimum atomic E-state index is -1.24. The number of hydrogen-bond acceptors (Lipinski definition) is 5. The van der Waals surface area contributed by atoms with Crippen LogP contribution in [0.25, 0.3) is 0 Å². The van der Waals surface area contributed by atoms with Crippen molar-refractivity contribution < 1.29 is 29.6 Å². The molecule has 88 valence electrons. The second kappa shape index (κ2) is 4.89. The van der Waals surface area contributed by atoms with Gasteiger partial charge in [0.1, 0.15) is 18.3 Å². The van der Waals surface area contributed by atoms with Crippen molar-refractivity contribution in [1.29, 1.82) is 0 Å². The first-order chi connectivity index (χ1) is 6.99. The van der Waals surface area contributed by atoms with E-state index in [0.29, 0.717) is 0 Å². The molecule has 15 heavy (non-hydrogen) atoms. The number of carboxylic acid groups (broad SMARTS) is 1. The van der Waals surface area contributed by atoms with Gasteiger partial charge in [0.15, 0.2) is 6.10 Å². The highest BCUT2D eigenvalue weighted by Crippen LogP contribution is 2.23. The van der Waals surface area contributed by atoms with Crippen LogP contribution in [0.1, 0.15) is 13.8 Å². The van der Waals surface area contributed by atoms with Crippen LogP contribution in [0.15, 0.2) is 0 Å². The maximum absolute atomic E-state index is 10.8. The standard InChI is InChI=1S/C9H16O6/c1-3-14-7-6(11)5(10)4(2)15-8(7)9(12)13/h4-8,10-11H,3H2,1-2H3,(H,12,13)/t4-,5?,6?,7-,8?/m0/s1.